The zero-order valence-corrected chi connectivity index (χ0v) is 12.4. The van der Waals surface area contributed by atoms with Crippen molar-refractivity contribution in [3.8, 4) is 0 Å². The molecule has 2 rings (SSSR count). The van der Waals surface area contributed by atoms with Gasteiger partial charge in [-0.25, -0.2) is 4.98 Å². The molecule has 1 aliphatic heterocycles. The molecule has 106 valence electrons. The van der Waals surface area contributed by atoms with Crippen molar-refractivity contribution in [2.45, 2.75) is 52.4 Å². The van der Waals surface area contributed by atoms with E-state index in [0.717, 1.165) is 25.3 Å². The average molecular weight is 263 g/mol. The van der Waals surface area contributed by atoms with Crippen molar-refractivity contribution in [2.75, 3.05) is 18.0 Å². The van der Waals surface area contributed by atoms with E-state index in [1.54, 1.807) is 0 Å². The second kappa shape index (κ2) is 5.88. The average Bonchev–Trinajstić information content (AvgIpc) is 2.26. The summed E-state index contributed by atoms with van der Waals surface area (Å²) in [5.74, 6) is 1.08. The van der Waals surface area contributed by atoms with Gasteiger partial charge < -0.3 is 15.4 Å². The summed E-state index contributed by atoms with van der Waals surface area (Å²) in [5, 5.41) is 0. The fourth-order valence-electron chi connectivity index (χ4n) is 2.79. The van der Waals surface area contributed by atoms with Crippen LogP contribution in [0.2, 0.25) is 0 Å². The molecule has 0 aromatic carbocycles. The fourth-order valence-corrected chi connectivity index (χ4v) is 2.79. The molecular weight excluding hydrogens is 238 g/mol. The van der Waals surface area contributed by atoms with Gasteiger partial charge in [-0.2, -0.15) is 0 Å². The molecule has 0 bridgehead atoms. The number of anilines is 1. The Morgan fingerprint density at radius 1 is 1.42 bits per heavy atom. The van der Waals surface area contributed by atoms with Crippen molar-refractivity contribution in [1.29, 1.82) is 0 Å². The minimum atomic E-state index is 0.176. The second-order valence-electron chi connectivity index (χ2n) is 5.83. The first-order chi connectivity index (χ1) is 8.95. The minimum Gasteiger partial charge on any atom is -0.372 e. The molecule has 1 aliphatic rings. The topological polar surface area (TPSA) is 51.4 Å². The predicted molar refractivity (Wildman–Crippen MR) is 78.5 cm³/mol. The smallest absolute Gasteiger partial charge is 0.131 e. The molecule has 19 heavy (non-hydrogen) atoms. The zero-order chi connectivity index (χ0) is 14.0. The van der Waals surface area contributed by atoms with Crippen molar-refractivity contribution < 1.29 is 4.74 Å². The highest BCUT2D eigenvalue weighted by molar-refractivity contribution is 5.48. The Bertz CT molecular complexity index is 423. The summed E-state index contributed by atoms with van der Waals surface area (Å²) in [6.07, 6.45) is 3.35. The minimum absolute atomic E-state index is 0.176. The second-order valence-corrected chi connectivity index (χ2v) is 5.83. The number of hydrogen-bond donors (Lipinski definition) is 1. The molecule has 3 atom stereocenters. The summed E-state index contributed by atoms with van der Waals surface area (Å²) < 4.78 is 5.77. The Kier molecular flexibility index (Phi) is 4.42. The summed E-state index contributed by atoms with van der Waals surface area (Å²) >= 11 is 0. The van der Waals surface area contributed by atoms with Crippen LogP contribution in [0.5, 0.6) is 0 Å². The van der Waals surface area contributed by atoms with E-state index < -0.39 is 0 Å². The van der Waals surface area contributed by atoms with Gasteiger partial charge >= 0.3 is 0 Å². The summed E-state index contributed by atoms with van der Waals surface area (Å²) in [5.41, 5.74) is 8.27. The maximum Gasteiger partial charge on any atom is 0.131 e. The number of hydrogen-bond acceptors (Lipinski definition) is 4. The van der Waals surface area contributed by atoms with Crippen LogP contribution in [-0.2, 0) is 11.2 Å². The molecular formula is C15H25N3O. The molecule has 0 amide bonds. The highest BCUT2D eigenvalue weighted by Gasteiger charge is 2.24. The molecule has 2 N–H and O–H groups in total. The third-order valence-corrected chi connectivity index (χ3v) is 3.38. The van der Waals surface area contributed by atoms with E-state index in [9.17, 15) is 0 Å². The van der Waals surface area contributed by atoms with E-state index in [0.29, 0.717) is 0 Å². The summed E-state index contributed by atoms with van der Waals surface area (Å²) in [6, 6.07) is 2.38. The lowest BCUT2D eigenvalue weighted by Crippen LogP contribution is -2.46. The van der Waals surface area contributed by atoms with Gasteiger partial charge in [0.15, 0.2) is 0 Å². The van der Waals surface area contributed by atoms with Crippen LogP contribution in [0, 0.1) is 6.92 Å². The SMILES string of the molecule is Cc1cc(CC(C)N)cnc1N1CC(C)OC(C)C1. The third-order valence-electron chi connectivity index (χ3n) is 3.38. The van der Waals surface area contributed by atoms with Crippen LogP contribution < -0.4 is 10.6 Å². The Morgan fingerprint density at radius 3 is 2.58 bits per heavy atom. The normalized spacial score (nSPS) is 25.4. The van der Waals surface area contributed by atoms with Crippen LogP contribution in [0.15, 0.2) is 12.3 Å². The van der Waals surface area contributed by atoms with Crippen molar-refractivity contribution in [3.05, 3.63) is 23.4 Å². The van der Waals surface area contributed by atoms with Crippen molar-refractivity contribution in [3.63, 3.8) is 0 Å². The molecule has 1 aromatic rings. The molecule has 4 nitrogen and oxygen atoms in total. The molecule has 4 heteroatoms. The lowest BCUT2D eigenvalue weighted by Gasteiger charge is -2.36. The van der Waals surface area contributed by atoms with Gasteiger partial charge in [-0.05, 0) is 45.2 Å². The molecule has 0 aliphatic carbocycles. The van der Waals surface area contributed by atoms with Crippen LogP contribution >= 0.6 is 0 Å². The third kappa shape index (κ3) is 3.67. The first-order valence-corrected chi connectivity index (χ1v) is 7.07. The van der Waals surface area contributed by atoms with Gasteiger partial charge in [-0.3, -0.25) is 0 Å². The maximum absolute atomic E-state index is 5.84. The number of rotatable bonds is 3. The molecule has 0 saturated carbocycles. The number of morpholine rings is 1. The monoisotopic (exact) mass is 263 g/mol. The highest BCUT2D eigenvalue weighted by Crippen LogP contribution is 2.22. The van der Waals surface area contributed by atoms with Crippen LogP contribution in [0.3, 0.4) is 0 Å². The molecule has 1 aromatic heterocycles. The standard InChI is InChI=1S/C15H25N3O/c1-10-5-14(6-11(2)16)7-17-15(10)18-8-12(3)19-13(4)9-18/h5,7,11-13H,6,8-9,16H2,1-4H3. The number of nitrogens with zero attached hydrogens (tertiary/aromatic N) is 2. The number of aromatic nitrogens is 1. The van der Waals surface area contributed by atoms with Crippen LogP contribution in [0.1, 0.15) is 31.9 Å². The Balaban J connectivity index is 2.16. The van der Waals surface area contributed by atoms with Gasteiger partial charge in [0.25, 0.3) is 0 Å². The summed E-state index contributed by atoms with van der Waals surface area (Å²) in [6.45, 7) is 10.2. The Morgan fingerprint density at radius 2 is 2.05 bits per heavy atom. The van der Waals surface area contributed by atoms with Gasteiger partial charge in [-0.1, -0.05) is 6.07 Å². The van der Waals surface area contributed by atoms with Gasteiger partial charge in [0.2, 0.25) is 0 Å². The lowest BCUT2D eigenvalue weighted by atomic mass is 10.1. The largest absolute Gasteiger partial charge is 0.372 e. The first-order valence-electron chi connectivity index (χ1n) is 7.07. The molecule has 2 heterocycles. The number of ether oxygens (including phenoxy) is 1. The van der Waals surface area contributed by atoms with E-state index in [4.69, 9.17) is 10.5 Å². The molecule has 0 radical (unpaired) electrons. The van der Waals surface area contributed by atoms with E-state index in [1.807, 2.05) is 13.1 Å². The maximum atomic E-state index is 5.84. The van der Waals surface area contributed by atoms with Gasteiger partial charge in [0.1, 0.15) is 5.82 Å². The number of pyridine rings is 1. The van der Waals surface area contributed by atoms with Crippen LogP contribution in [-0.4, -0.2) is 36.3 Å². The zero-order valence-electron chi connectivity index (χ0n) is 12.4. The summed E-state index contributed by atoms with van der Waals surface area (Å²) in [4.78, 5) is 6.96. The fraction of sp³-hybridized carbons (Fsp3) is 0.667. The molecule has 1 saturated heterocycles. The van der Waals surface area contributed by atoms with E-state index in [1.165, 1.54) is 11.1 Å². The van der Waals surface area contributed by atoms with E-state index in [2.05, 4.69) is 36.7 Å². The lowest BCUT2D eigenvalue weighted by molar-refractivity contribution is -0.00549. The van der Waals surface area contributed by atoms with Crippen molar-refractivity contribution in [1.82, 2.24) is 4.98 Å². The molecule has 0 spiro atoms. The summed E-state index contributed by atoms with van der Waals surface area (Å²) in [7, 11) is 0. The van der Waals surface area contributed by atoms with Gasteiger partial charge in [0.05, 0.1) is 12.2 Å². The van der Waals surface area contributed by atoms with Gasteiger partial charge in [0, 0.05) is 25.3 Å². The van der Waals surface area contributed by atoms with Crippen molar-refractivity contribution in [2.24, 2.45) is 5.73 Å². The Labute approximate surface area is 116 Å². The van der Waals surface area contributed by atoms with Crippen LogP contribution in [0.4, 0.5) is 5.82 Å². The highest BCUT2D eigenvalue weighted by atomic mass is 16.5. The quantitative estimate of drug-likeness (QED) is 0.905. The van der Waals surface area contributed by atoms with Crippen LogP contribution in [0.25, 0.3) is 0 Å². The van der Waals surface area contributed by atoms with E-state index >= 15 is 0 Å². The predicted octanol–water partition coefficient (Wildman–Crippen LogP) is 1.89. The number of aryl methyl sites for hydroxylation is 1. The van der Waals surface area contributed by atoms with Gasteiger partial charge in [-0.15, -0.1) is 0 Å². The first kappa shape index (κ1) is 14.3. The molecule has 1 fully saturated rings. The van der Waals surface area contributed by atoms with E-state index in [-0.39, 0.29) is 18.2 Å². The molecule has 3 unspecified atom stereocenters. The van der Waals surface area contributed by atoms with Crippen molar-refractivity contribution >= 4 is 5.82 Å². The Hall–Kier alpha value is -1.13. The number of nitrogens with two attached hydrogens (primary N) is 1.